The summed E-state index contributed by atoms with van der Waals surface area (Å²) in [6.45, 7) is 7.69. The Morgan fingerprint density at radius 2 is 1.33 bits per heavy atom. The van der Waals surface area contributed by atoms with Gasteiger partial charge in [0.1, 0.15) is 28.8 Å². The Morgan fingerprint density at radius 3 is 1.81 bits per heavy atom. The number of Topliss-reactive ketones (excluding diaryl/α,β-unsaturated/α-hetero) is 1. The Balaban J connectivity index is 1.97. The highest BCUT2D eigenvalue weighted by molar-refractivity contribution is 5.97. The van der Waals surface area contributed by atoms with E-state index in [1.165, 1.54) is 57.4 Å². The zero-order valence-corrected chi connectivity index (χ0v) is 30.8. The summed E-state index contributed by atoms with van der Waals surface area (Å²) in [5.41, 5.74) is -2.51. The average molecular weight is 773 g/mol. The summed E-state index contributed by atoms with van der Waals surface area (Å²) in [5, 5.41) is 9.27. The van der Waals surface area contributed by atoms with Crippen LogP contribution in [0.2, 0.25) is 0 Å². The molecule has 0 aliphatic heterocycles. The molecule has 2 aromatic rings. The van der Waals surface area contributed by atoms with Gasteiger partial charge in [-0.3, -0.25) is 19.2 Å². The van der Waals surface area contributed by atoms with Gasteiger partial charge in [0.25, 0.3) is 5.78 Å². The molecule has 3 rings (SSSR count). The van der Waals surface area contributed by atoms with Gasteiger partial charge in [0.15, 0.2) is 0 Å². The molecule has 0 aromatic heterocycles. The van der Waals surface area contributed by atoms with Gasteiger partial charge in [0, 0.05) is 13.0 Å². The zero-order chi connectivity index (χ0) is 40.6. The molecule has 0 bridgehead atoms. The van der Waals surface area contributed by atoms with E-state index in [1.807, 2.05) is 0 Å². The molecular weight excluding hydrogens is 726 g/mol. The van der Waals surface area contributed by atoms with Crippen molar-refractivity contribution in [3.63, 3.8) is 0 Å². The molecular formula is C37H46F6N4O7. The molecule has 3 atom stereocenters. The van der Waals surface area contributed by atoms with Gasteiger partial charge in [0.2, 0.25) is 17.7 Å². The molecule has 0 radical (unpaired) electrons. The van der Waals surface area contributed by atoms with E-state index in [2.05, 4.69) is 21.3 Å². The molecule has 0 unspecified atom stereocenters. The lowest BCUT2D eigenvalue weighted by atomic mass is 9.83. The molecule has 298 valence electrons. The predicted octanol–water partition coefficient (Wildman–Crippen LogP) is 6.00. The van der Waals surface area contributed by atoms with E-state index in [9.17, 15) is 50.3 Å². The SMILES string of the molecule is COc1ccc([C@H](NC(=O)[C@H](Cc2ccc(CNC(=O)OC(C)(C)C)cc2)NC(=O)C2(C(F)(F)F)CCCC2)C(=O)N[C@H](C(=O)C(F)(F)F)C(C)C)cc1. The summed E-state index contributed by atoms with van der Waals surface area (Å²) >= 11 is 0. The highest BCUT2D eigenvalue weighted by Crippen LogP contribution is 2.50. The molecule has 0 spiro atoms. The van der Waals surface area contributed by atoms with Crippen LogP contribution in [0.4, 0.5) is 31.1 Å². The number of hydrogen-bond acceptors (Lipinski definition) is 7. The minimum Gasteiger partial charge on any atom is -0.497 e. The van der Waals surface area contributed by atoms with Crippen LogP contribution in [0.25, 0.3) is 0 Å². The number of hydrogen-bond donors (Lipinski definition) is 4. The van der Waals surface area contributed by atoms with Crippen molar-refractivity contribution in [2.45, 2.75) is 109 Å². The van der Waals surface area contributed by atoms with Gasteiger partial charge >= 0.3 is 18.4 Å². The van der Waals surface area contributed by atoms with Crippen LogP contribution in [0, 0.1) is 11.3 Å². The Kier molecular flexibility index (Phi) is 14.2. The van der Waals surface area contributed by atoms with Gasteiger partial charge in [0.05, 0.1) is 13.2 Å². The van der Waals surface area contributed by atoms with Gasteiger partial charge in [-0.2, -0.15) is 26.3 Å². The maximum absolute atomic E-state index is 14.4. The third kappa shape index (κ3) is 11.6. The highest BCUT2D eigenvalue weighted by Gasteiger charge is 2.61. The number of ketones is 1. The van der Waals surface area contributed by atoms with Crippen molar-refractivity contribution in [1.82, 2.24) is 21.3 Å². The van der Waals surface area contributed by atoms with E-state index in [-0.39, 0.29) is 31.4 Å². The smallest absolute Gasteiger partial charge is 0.452 e. The van der Waals surface area contributed by atoms with E-state index < -0.39 is 89.9 Å². The van der Waals surface area contributed by atoms with Crippen LogP contribution in [-0.4, -0.2) is 66.7 Å². The van der Waals surface area contributed by atoms with E-state index in [4.69, 9.17) is 9.47 Å². The van der Waals surface area contributed by atoms with Crippen molar-refractivity contribution in [1.29, 1.82) is 0 Å². The number of alkyl halides is 6. The van der Waals surface area contributed by atoms with Gasteiger partial charge in [-0.25, -0.2) is 4.79 Å². The maximum atomic E-state index is 14.4. The molecule has 1 saturated carbocycles. The van der Waals surface area contributed by atoms with E-state index >= 15 is 0 Å². The molecule has 4 N–H and O–H groups in total. The molecule has 0 saturated heterocycles. The fourth-order valence-electron chi connectivity index (χ4n) is 5.93. The Bertz CT molecular complexity index is 1630. The standard InChI is InChI=1S/C37H46F6N4O7/c1-21(2)27(29(48)36(38,39)40)46-31(50)28(24-13-15-25(53-6)16-14-24)47-30(49)26(45-32(51)35(37(41,42)43)17-7-8-18-35)19-22-9-11-23(12-10-22)20-44-33(52)54-34(3,4)5/h9-16,21,26-28H,7-8,17-20H2,1-6H3,(H,44,52)(H,45,51)(H,46,50)(H,47,49)/t26-,27-,28-/m0/s1. The summed E-state index contributed by atoms with van der Waals surface area (Å²) < 4.78 is 93.8. The number of methoxy groups -OCH3 is 1. The summed E-state index contributed by atoms with van der Waals surface area (Å²) in [4.78, 5) is 65.4. The minimum atomic E-state index is -5.30. The van der Waals surface area contributed by atoms with Crippen LogP contribution in [0.5, 0.6) is 5.75 Å². The van der Waals surface area contributed by atoms with E-state index in [0.717, 1.165) is 0 Å². The molecule has 54 heavy (non-hydrogen) atoms. The average Bonchev–Trinajstić information content (AvgIpc) is 3.59. The van der Waals surface area contributed by atoms with Crippen molar-refractivity contribution in [2.24, 2.45) is 11.3 Å². The fourth-order valence-corrected chi connectivity index (χ4v) is 5.93. The first-order valence-electron chi connectivity index (χ1n) is 17.3. The Hall–Kier alpha value is -4.83. The second kappa shape index (κ2) is 17.5. The summed E-state index contributed by atoms with van der Waals surface area (Å²) in [5.74, 6) is -6.73. The van der Waals surface area contributed by atoms with Crippen LogP contribution in [0.15, 0.2) is 48.5 Å². The number of carbonyl (C=O) groups excluding carboxylic acids is 5. The number of rotatable bonds is 14. The second-order valence-corrected chi connectivity index (χ2v) is 14.5. The number of benzene rings is 2. The quantitative estimate of drug-likeness (QED) is 0.172. The molecule has 4 amide bonds. The monoisotopic (exact) mass is 772 g/mol. The van der Waals surface area contributed by atoms with Crippen LogP contribution in [0.1, 0.15) is 83.0 Å². The highest BCUT2D eigenvalue weighted by atomic mass is 19.4. The third-order valence-corrected chi connectivity index (χ3v) is 8.88. The number of ether oxygens (including phenoxy) is 2. The number of nitrogens with one attached hydrogen (secondary N) is 4. The predicted molar refractivity (Wildman–Crippen MR) is 184 cm³/mol. The fraction of sp³-hybridized carbons (Fsp3) is 0.541. The molecule has 1 fully saturated rings. The lowest BCUT2D eigenvalue weighted by Gasteiger charge is -2.32. The lowest BCUT2D eigenvalue weighted by molar-refractivity contribution is -0.220. The molecule has 11 nitrogen and oxygen atoms in total. The van der Waals surface area contributed by atoms with Gasteiger partial charge < -0.3 is 30.7 Å². The van der Waals surface area contributed by atoms with E-state index in [0.29, 0.717) is 16.9 Å². The summed E-state index contributed by atoms with van der Waals surface area (Å²) in [6, 6.07) is 6.13. The van der Waals surface area contributed by atoms with Crippen molar-refractivity contribution in [3.8, 4) is 5.75 Å². The number of carbonyl (C=O) groups is 5. The van der Waals surface area contributed by atoms with Crippen LogP contribution >= 0.6 is 0 Å². The van der Waals surface area contributed by atoms with Crippen molar-refractivity contribution >= 4 is 29.6 Å². The first kappa shape index (κ1) is 43.6. The van der Waals surface area contributed by atoms with Crippen LogP contribution < -0.4 is 26.0 Å². The third-order valence-electron chi connectivity index (χ3n) is 8.88. The molecule has 17 heteroatoms. The van der Waals surface area contributed by atoms with E-state index in [1.54, 1.807) is 32.9 Å². The van der Waals surface area contributed by atoms with Crippen LogP contribution in [-0.2, 0) is 36.9 Å². The molecule has 1 aliphatic rings. The zero-order valence-electron chi connectivity index (χ0n) is 30.8. The maximum Gasteiger partial charge on any atom is 0.452 e. The topological polar surface area (TPSA) is 152 Å². The van der Waals surface area contributed by atoms with Gasteiger partial charge in [-0.1, -0.05) is 63.1 Å². The summed E-state index contributed by atoms with van der Waals surface area (Å²) in [7, 11) is 1.35. The van der Waals surface area contributed by atoms with Crippen molar-refractivity contribution in [3.05, 3.63) is 65.2 Å². The first-order chi connectivity index (χ1) is 25.0. The molecule has 1 aliphatic carbocycles. The Labute approximate surface area is 309 Å². The van der Waals surface area contributed by atoms with Gasteiger partial charge in [-0.05, 0) is 68.4 Å². The normalized spacial score (nSPS) is 16.1. The molecule has 0 heterocycles. The number of amides is 4. The number of halogens is 6. The van der Waals surface area contributed by atoms with Crippen molar-refractivity contribution in [2.75, 3.05) is 7.11 Å². The second-order valence-electron chi connectivity index (χ2n) is 14.5. The number of alkyl carbamates (subject to hydrolysis) is 1. The largest absolute Gasteiger partial charge is 0.497 e. The van der Waals surface area contributed by atoms with Crippen molar-refractivity contribution < 1.29 is 59.8 Å². The summed E-state index contributed by atoms with van der Waals surface area (Å²) in [6.07, 6.45) is -12.1. The molecule has 2 aromatic carbocycles. The van der Waals surface area contributed by atoms with Gasteiger partial charge in [-0.15, -0.1) is 0 Å². The lowest BCUT2D eigenvalue weighted by Crippen LogP contribution is -2.57. The Morgan fingerprint density at radius 1 is 0.778 bits per heavy atom. The minimum absolute atomic E-state index is 0.0260. The first-order valence-corrected chi connectivity index (χ1v) is 17.3. The van der Waals surface area contributed by atoms with Crippen LogP contribution in [0.3, 0.4) is 0 Å².